The molecule has 0 aliphatic rings. The molecule has 0 unspecified atom stereocenters. The van der Waals surface area contributed by atoms with Crippen LogP contribution in [0.15, 0.2) is 66.3 Å². The van der Waals surface area contributed by atoms with Crippen molar-refractivity contribution in [2.24, 2.45) is 0 Å². The van der Waals surface area contributed by atoms with Gasteiger partial charge in [0.15, 0.2) is 0 Å². The molecule has 114 valence electrons. The summed E-state index contributed by atoms with van der Waals surface area (Å²) in [6, 6.07) is 11.6. The molecule has 5 heteroatoms. The number of allylic oxidation sites excluding steroid dienone is 1. The Labute approximate surface area is 138 Å². The van der Waals surface area contributed by atoms with Gasteiger partial charge in [0.2, 0.25) is 5.91 Å². The van der Waals surface area contributed by atoms with Crippen LogP contribution in [-0.4, -0.2) is 15.9 Å². The zero-order valence-electron chi connectivity index (χ0n) is 12.6. The van der Waals surface area contributed by atoms with Crippen molar-refractivity contribution in [1.82, 2.24) is 9.97 Å². The van der Waals surface area contributed by atoms with Crippen LogP contribution in [0.4, 0.5) is 5.69 Å². The molecule has 0 saturated heterocycles. The second kappa shape index (κ2) is 6.98. The quantitative estimate of drug-likeness (QED) is 0.725. The molecule has 0 atom stereocenters. The zero-order valence-corrected chi connectivity index (χ0v) is 13.4. The van der Waals surface area contributed by atoms with E-state index >= 15 is 0 Å². The molecular formula is C18H15N3OS. The van der Waals surface area contributed by atoms with Gasteiger partial charge in [-0.3, -0.25) is 9.78 Å². The van der Waals surface area contributed by atoms with Gasteiger partial charge in [-0.25, -0.2) is 4.98 Å². The van der Waals surface area contributed by atoms with E-state index in [9.17, 15) is 4.79 Å². The van der Waals surface area contributed by atoms with Crippen LogP contribution >= 0.6 is 11.3 Å². The number of hydrogen-bond donors (Lipinski definition) is 1. The van der Waals surface area contributed by atoms with Gasteiger partial charge >= 0.3 is 0 Å². The highest BCUT2D eigenvalue weighted by atomic mass is 32.1. The number of benzene rings is 1. The lowest BCUT2D eigenvalue weighted by Gasteiger charge is -2.04. The van der Waals surface area contributed by atoms with Crippen molar-refractivity contribution in [2.75, 3.05) is 5.32 Å². The molecule has 23 heavy (non-hydrogen) atoms. The topological polar surface area (TPSA) is 54.9 Å². The Bertz CT molecular complexity index is 840. The standard InChI is InChI=1S/C18H15N3OS/c1-2-4-17(22)20-15-6-3-5-14(11-15)16-12-23-18(21-16)13-7-9-19-10-8-13/h2-12H,1H3,(H,20,22)/b4-2+. The molecule has 1 aromatic carbocycles. The van der Waals surface area contributed by atoms with Crippen molar-refractivity contribution >= 4 is 22.9 Å². The number of aromatic nitrogens is 2. The number of nitrogens with zero attached hydrogens (tertiary/aromatic N) is 2. The summed E-state index contributed by atoms with van der Waals surface area (Å²) >= 11 is 1.59. The lowest BCUT2D eigenvalue weighted by Crippen LogP contribution is -2.07. The fourth-order valence-corrected chi connectivity index (χ4v) is 2.96. The highest BCUT2D eigenvalue weighted by molar-refractivity contribution is 7.13. The summed E-state index contributed by atoms with van der Waals surface area (Å²) in [6.07, 6.45) is 6.72. The minimum absolute atomic E-state index is 0.139. The van der Waals surface area contributed by atoms with Crippen molar-refractivity contribution in [2.45, 2.75) is 6.92 Å². The summed E-state index contributed by atoms with van der Waals surface area (Å²) < 4.78 is 0. The summed E-state index contributed by atoms with van der Waals surface area (Å²) in [6.45, 7) is 1.81. The number of carbonyl (C=O) groups excluding carboxylic acids is 1. The van der Waals surface area contributed by atoms with Crippen LogP contribution in [0.25, 0.3) is 21.8 Å². The molecule has 4 nitrogen and oxygen atoms in total. The van der Waals surface area contributed by atoms with E-state index in [1.807, 2.05) is 48.7 Å². The van der Waals surface area contributed by atoms with Gasteiger partial charge in [-0.1, -0.05) is 18.2 Å². The van der Waals surface area contributed by atoms with E-state index in [2.05, 4.69) is 15.3 Å². The third-order valence-corrected chi connectivity index (χ3v) is 4.07. The number of hydrogen-bond acceptors (Lipinski definition) is 4. The first-order valence-electron chi connectivity index (χ1n) is 7.16. The van der Waals surface area contributed by atoms with Gasteiger partial charge in [-0.15, -0.1) is 11.3 Å². The average Bonchev–Trinajstić information content (AvgIpc) is 3.06. The van der Waals surface area contributed by atoms with E-state index < -0.39 is 0 Å². The number of anilines is 1. The van der Waals surface area contributed by atoms with Crippen LogP contribution < -0.4 is 5.32 Å². The van der Waals surface area contributed by atoms with Gasteiger partial charge in [-0.2, -0.15) is 0 Å². The van der Waals surface area contributed by atoms with Crippen LogP contribution in [-0.2, 0) is 4.79 Å². The van der Waals surface area contributed by atoms with E-state index in [4.69, 9.17) is 0 Å². The largest absolute Gasteiger partial charge is 0.323 e. The molecule has 0 fully saturated rings. The molecule has 3 aromatic rings. The minimum Gasteiger partial charge on any atom is -0.323 e. The minimum atomic E-state index is -0.139. The fourth-order valence-electron chi connectivity index (χ4n) is 2.12. The molecule has 2 aromatic heterocycles. The van der Waals surface area contributed by atoms with Crippen LogP contribution in [0.1, 0.15) is 6.92 Å². The SMILES string of the molecule is C/C=C/C(=O)Nc1cccc(-c2csc(-c3ccncc3)n2)c1. The maximum Gasteiger partial charge on any atom is 0.248 e. The van der Waals surface area contributed by atoms with Crippen LogP contribution in [0, 0.1) is 0 Å². The van der Waals surface area contributed by atoms with E-state index in [-0.39, 0.29) is 5.91 Å². The van der Waals surface area contributed by atoms with Crippen LogP contribution in [0.3, 0.4) is 0 Å². The van der Waals surface area contributed by atoms with Gasteiger partial charge in [0.1, 0.15) is 5.01 Å². The molecule has 0 bridgehead atoms. The fraction of sp³-hybridized carbons (Fsp3) is 0.0556. The number of carbonyl (C=O) groups is 1. The van der Waals surface area contributed by atoms with E-state index in [0.717, 1.165) is 27.5 Å². The number of rotatable bonds is 4. The summed E-state index contributed by atoms with van der Waals surface area (Å²) in [5.41, 5.74) is 3.67. The van der Waals surface area contributed by atoms with Crippen molar-refractivity contribution in [3.05, 3.63) is 66.3 Å². The highest BCUT2D eigenvalue weighted by Crippen LogP contribution is 2.29. The molecule has 3 rings (SSSR count). The van der Waals surface area contributed by atoms with Crippen molar-refractivity contribution < 1.29 is 4.79 Å². The summed E-state index contributed by atoms with van der Waals surface area (Å²) in [4.78, 5) is 20.3. The molecule has 0 spiro atoms. The van der Waals surface area contributed by atoms with E-state index in [1.165, 1.54) is 6.08 Å². The first-order chi connectivity index (χ1) is 11.3. The summed E-state index contributed by atoms with van der Waals surface area (Å²) in [5.74, 6) is -0.139. The van der Waals surface area contributed by atoms with E-state index in [1.54, 1.807) is 29.8 Å². The number of amides is 1. The van der Waals surface area contributed by atoms with E-state index in [0.29, 0.717) is 0 Å². The molecule has 0 aliphatic heterocycles. The van der Waals surface area contributed by atoms with Gasteiger partial charge in [0.05, 0.1) is 5.69 Å². The molecule has 1 amide bonds. The Hall–Kier alpha value is -2.79. The smallest absolute Gasteiger partial charge is 0.248 e. The Morgan fingerprint density at radius 1 is 1.17 bits per heavy atom. The molecule has 0 aliphatic carbocycles. The second-order valence-corrected chi connectivity index (χ2v) is 5.70. The normalized spacial score (nSPS) is 10.8. The number of thiazole rings is 1. The Balaban J connectivity index is 1.85. The monoisotopic (exact) mass is 321 g/mol. The van der Waals surface area contributed by atoms with Gasteiger partial charge < -0.3 is 5.32 Å². The van der Waals surface area contributed by atoms with Crippen LogP contribution in [0.5, 0.6) is 0 Å². The van der Waals surface area contributed by atoms with Crippen molar-refractivity contribution in [3.8, 4) is 21.8 Å². The van der Waals surface area contributed by atoms with Gasteiger partial charge in [0.25, 0.3) is 0 Å². The summed E-state index contributed by atoms with van der Waals surface area (Å²) in [5, 5.41) is 5.80. The predicted molar refractivity (Wildman–Crippen MR) is 94.2 cm³/mol. The predicted octanol–water partition coefficient (Wildman–Crippen LogP) is 4.39. The molecule has 2 heterocycles. The van der Waals surface area contributed by atoms with Gasteiger partial charge in [-0.05, 0) is 37.3 Å². The molecule has 1 N–H and O–H groups in total. The third kappa shape index (κ3) is 3.70. The Kier molecular flexibility index (Phi) is 4.59. The average molecular weight is 321 g/mol. The van der Waals surface area contributed by atoms with Crippen LogP contribution in [0.2, 0.25) is 0 Å². The highest BCUT2D eigenvalue weighted by Gasteiger charge is 2.07. The Morgan fingerprint density at radius 2 is 2.00 bits per heavy atom. The first-order valence-corrected chi connectivity index (χ1v) is 8.04. The maximum absolute atomic E-state index is 11.6. The maximum atomic E-state index is 11.6. The number of nitrogens with one attached hydrogen (secondary N) is 1. The van der Waals surface area contributed by atoms with Crippen molar-refractivity contribution in [1.29, 1.82) is 0 Å². The summed E-state index contributed by atoms with van der Waals surface area (Å²) in [7, 11) is 0. The molecular weight excluding hydrogens is 306 g/mol. The van der Waals surface area contributed by atoms with Crippen molar-refractivity contribution in [3.63, 3.8) is 0 Å². The first kappa shape index (κ1) is 15.1. The molecule has 0 radical (unpaired) electrons. The molecule has 0 saturated carbocycles. The lowest BCUT2D eigenvalue weighted by molar-refractivity contribution is -0.111. The lowest BCUT2D eigenvalue weighted by atomic mass is 10.1. The van der Waals surface area contributed by atoms with Gasteiger partial charge in [0, 0.05) is 34.6 Å². The number of pyridine rings is 1. The third-order valence-electron chi connectivity index (χ3n) is 3.18. The second-order valence-electron chi connectivity index (χ2n) is 4.84. The Morgan fingerprint density at radius 3 is 2.78 bits per heavy atom. The zero-order chi connectivity index (χ0) is 16.1.